The summed E-state index contributed by atoms with van der Waals surface area (Å²) < 4.78 is 47.1. The van der Waals surface area contributed by atoms with Gasteiger partial charge >= 0.3 is 11.9 Å². The lowest BCUT2D eigenvalue weighted by atomic mass is 9.80. The van der Waals surface area contributed by atoms with Crippen molar-refractivity contribution in [3.63, 3.8) is 0 Å². The number of rotatable bonds is 12. The minimum absolute atomic E-state index is 0.0622. The van der Waals surface area contributed by atoms with Crippen LogP contribution in [-0.2, 0) is 24.6 Å². The monoisotopic (exact) mass is 530 g/mol. The molecule has 0 fully saturated rings. The number of alkyl halides is 2. The molecule has 4 rings (SSSR count). The molecule has 200 valence electrons. The molecule has 0 saturated carbocycles. The summed E-state index contributed by atoms with van der Waals surface area (Å²) in [5.41, 5.74) is 1.07. The highest BCUT2D eigenvalue weighted by Crippen LogP contribution is 2.41. The van der Waals surface area contributed by atoms with E-state index in [-0.39, 0.29) is 5.56 Å². The first kappa shape index (κ1) is 27.8. The van der Waals surface area contributed by atoms with Gasteiger partial charge in [0, 0.05) is 7.11 Å². The van der Waals surface area contributed by atoms with Crippen molar-refractivity contribution in [1.29, 1.82) is 0 Å². The third-order valence-electron chi connectivity index (χ3n) is 6.43. The van der Waals surface area contributed by atoms with Crippen molar-refractivity contribution in [3.05, 3.63) is 144 Å². The van der Waals surface area contributed by atoms with E-state index in [1.807, 2.05) is 91.0 Å². The van der Waals surface area contributed by atoms with Crippen molar-refractivity contribution in [1.82, 2.24) is 0 Å². The van der Waals surface area contributed by atoms with Crippen molar-refractivity contribution < 1.29 is 32.6 Å². The molecule has 0 N–H and O–H groups in total. The smallest absolute Gasteiger partial charge is 0.341 e. The predicted molar refractivity (Wildman–Crippen MR) is 143 cm³/mol. The minimum Gasteiger partial charge on any atom is -0.449 e. The van der Waals surface area contributed by atoms with Crippen LogP contribution in [0, 0.1) is 0 Å². The zero-order valence-corrected chi connectivity index (χ0v) is 21.3. The molecular formula is C32H28F2O5. The normalized spacial score (nSPS) is 13.3. The van der Waals surface area contributed by atoms with Crippen LogP contribution in [0.25, 0.3) is 0 Å². The van der Waals surface area contributed by atoms with Crippen molar-refractivity contribution >= 4 is 12.3 Å². The third kappa shape index (κ3) is 6.11. The average Bonchev–Trinajstić information content (AvgIpc) is 3.00. The SMILES string of the molecule is CO[C@H](COC(c1ccccc1)(c1ccccc1)c1ccccc1)C(OC(=O)c1ccccc1)C(F)(F)C=O. The number of esters is 1. The van der Waals surface area contributed by atoms with Crippen LogP contribution in [-0.4, -0.2) is 44.1 Å². The van der Waals surface area contributed by atoms with Crippen molar-refractivity contribution in [2.24, 2.45) is 0 Å². The Hall–Kier alpha value is -4.20. The summed E-state index contributed by atoms with van der Waals surface area (Å²) in [4.78, 5) is 24.2. The lowest BCUT2D eigenvalue weighted by molar-refractivity contribution is -0.180. The number of hydrogen-bond acceptors (Lipinski definition) is 5. The zero-order valence-electron chi connectivity index (χ0n) is 21.3. The summed E-state index contributed by atoms with van der Waals surface area (Å²) in [6.07, 6.45) is -4.28. The molecule has 7 heteroatoms. The molecule has 0 bridgehead atoms. The Morgan fingerprint density at radius 1 is 0.744 bits per heavy atom. The van der Waals surface area contributed by atoms with Gasteiger partial charge < -0.3 is 14.2 Å². The van der Waals surface area contributed by atoms with E-state index in [2.05, 4.69) is 0 Å². The molecular weight excluding hydrogens is 502 g/mol. The van der Waals surface area contributed by atoms with Crippen molar-refractivity contribution in [3.8, 4) is 0 Å². The molecule has 4 aromatic carbocycles. The first-order valence-corrected chi connectivity index (χ1v) is 12.4. The van der Waals surface area contributed by atoms with E-state index < -0.39 is 42.6 Å². The van der Waals surface area contributed by atoms with E-state index in [0.717, 1.165) is 16.7 Å². The first-order chi connectivity index (χ1) is 18.9. The van der Waals surface area contributed by atoms with E-state index in [1.165, 1.54) is 19.2 Å². The highest BCUT2D eigenvalue weighted by Gasteiger charge is 2.49. The average molecular weight is 531 g/mol. The molecule has 4 aromatic rings. The van der Waals surface area contributed by atoms with Gasteiger partial charge in [-0.3, -0.25) is 4.79 Å². The lowest BCUT2D eigenvalue weighted by Gasteiger charge is -2.38. The Bertz CT molecular complexity index is 1240. The van der Waals surface area contributed by atoms with Crippen LogP contribution in [0.3, 0.4) is 0 Å². The summed E-state index contributed by atoms with van der Waals surface area (Å²) in [7, 11) is 1.20. The number of aldehydes is 1. The molecule has 2 atom stereocenters. The Labute approximate surface area is 226 Å². The van der Waals surface area contributed by atoms with Gasteiger partial charge in [0.1, 0.15) is 11.7 Å². The molecule has 0 spiro atoms. The van der Waals surface area contributed by atoms with Crippen molar-refractivity contribution in [2.45, 2.75) is 23.7 Å². The molecule has 0 aliphatic carbocycles. The molecule has 0 aromatic heterocycles. The van der Waals surface area contributed by atoms with Gasteiger partial charge in [-0.05, 0) is 28.8 Å². The van der Waals surface area contributed by atoms with Gasteiger partial charge in [-0.1, -0.05) is 109 Å². The largest absolute Gasteiger partial charge is 0.449 e. The van der Waals surface area contributed by atoms with Gasteiger partial charge in [-0.15, -0.1) is 0 Å². The van der Waals surface area contributed by atoms with Crippen LogP contribution >= 0.6 is 0 Å². The van der Waals surface area contributed by atoms with Crippen LogP contribution < -0.4 is 0 Å². The number of halogens is 2. The van der Waals surface area contributed by atoms with E-state index >= 15 is 0 Å². The highest BCUT2D eigenvalue weighted by atomic mass is 19.3. The molecule has 0 saturated heterocycles. The molecule has 0 aliphatic heterocycles. The quantitative estimate of drug-likeness (QED) is 0.126. The second-order valence-electron chi connectivity index (χ2n) is 8.85. The van der Waals surface area contributed by atoms with Crippen molar-refractivity contribution in [2.75, 3.05) is 13.7 Å². The molecule has 0 amide bonds. The zero-order chi connectivity index (χ0) is 27.7. The van der Waals surface area contributed by atoms with Gasteiger partial charge in [0.05, 0.1) is 12.2 Å². The van der Waals surface area contributed by atoms with E-state index in [1.54, 1.807) is 18.2 Å². The van der Waals surface area contributed by atoms with Gasteiger partial charge in [-0.25, -0.2) is 4.79 Å². The Morgan fingerprint density at radius 3 is 1.54 bits per heavy atom. The lowest BCUT2D eigenvalue weighted by Crippen LogP contribution is -2.50. The van der Waals surface area contributed by atoms with E-state index in [4.69, 9.17) is 14.2 Å². The van der Waals surface area contributed by atoms with Gasteiger partial charge in [0.15, 0.2) is 6.29 Å². The molecule has 1 unspecified atom stereocenters. The molecule has 39 heavy (non-hydrogen) atoms. The van der Waals surface area contributed by atoms with E-state index in [0.29, 0.717) is 0 Å². The number of carbonyl (C=O) groups excluding carboxylic acids is 2. The number of ether oxygens (including phenoxy) is 3. The van der Waals surface area contributed by atoms with Crippen LogP contribution in [0.5, 0.6) is 0 Å². The fraction of sp³-hybridized carbons (Fsp3) is 0.188. The Balaban J connectivity index is 1.76. The summed E-state index contributed by atoms with van der Waals surface area (Å²) in [5.74, 6) is -5.05. The maximum absolute atomic E-state index is 14.9. The summed E-state index contributed by atoms with van der Waals surface area (Å²) >= 11 is 0. The van der Waals surface area contributed by atoms with Gasteiger partial charge in [-0.2, -0.15) is 8.78 Å². The van der Waals surface area contributed by atoms with Crippen LogP contribution in [0.1, 0.15) is 27.0 Å². The maximum atomic E-state index is 14.9. The topological polar surface area (TPSA) is 61.8 Å². The minimum atomic E-state index is -4.04. The third-order valence-corrected chi connectivity index (χ3v) is 6.43. The summed E-state index contributed by atoms with van der Waals surface area (Å²) in [5, 5.41) is 0. The standard InChI is InChI=1S/C32H28F2O5/c1-37-28(29(31(33,34)23-35)39-30(36)24-14-6-2-7-15-24)22-38-32(25-16-8-3-9-17-25,26-18-10-4-11-19-26)27-20-12-5-13-21-27/h2-21,23,28-29H,22H2,1H3/t28-,29?/m1/s1. The number of hydrogen-bond donors (Lipinski definition) is 0. The Morgan fingerprint density at radius 2 is 1.15 bits per heavy atom. The number of methoxy groups -OCH3 is 1. The van der Waals surface area contributed by atoms with Crippen LogP contribution in [0.4, 0.5) is 8.78 Å². The molecule has 0 aliphatic rings. The first-order valence-electron chi connectivity index (χ1n) is 12.4. The van der Waals surface area contributed by atoms with E-state index in [9.17, 15) is 18.4 Å². The number of carbonyl (C=O) groups is 2. The fourth-order valence-electron chi connectivity index (χ4n) is 4.48. The molecule has 5 nitrogen and oxygen atoms in total. The van der Waals surface area contributed by atoms with Gasteiger partial charge in [0.2, 0.25) is 6.10 Å². The predicted octanol–water partition coefficient (Wildman–Crippen LogP) is 6.07. The second kappa shape index (κ2) is 12.6. The molecule has 0 radical (unpaired) electrons. The van der Waals surface area contributed by atoms with Gasteiger partial charge in [0.25, 0.3) is 0 Å². The van der Waals surface area contributed by atoms with Crippen LogP contribution in [0.15, 0.2) is 121 Å². The van der Waals surface area contributed by atoms with Crippen LogP contribution in [0.2, 0.25) is 0 Å². The highest BCUT2D eigenvalue weighted by molar-refractivity contribution is 5.89. The fourth-order valence-corrected chi connectivity index (χ4v) is 4.48. The number of benzene rings is 4. The summed E-state index contributed by atoms with van der Waals surface area (Å²) in [6.45, 7) is -0.439. The maximum Gasteiger partial charge on any atom is 0.341 e. The summed E-state index contributed by atoms with van der Waals surface area (Å²) in [6, 6.07) is 35.8. The molecule has 0 heterocycles. The second-order valence-corrected chi connectivity index (χ2v) is 8.85. The Kier molecular flexibility index (Phi) is 8.96.